The lowest BCUT2D eigenvalue weighted by atomic mass is 9.94. The minimum Gasteiger partial charge on any atom is -0.389 e. The first-order valence-corrected chi connectivity index (χ1v) is 16.8. The topological polar surface area (TPSA) is 137 Å². The minimum atomic E-state index is -3.97. The van der Waals surface area contributed by atoms with Crippen molar-refractivity contribution in [3.8, 4) is 0 Å². The van der Waals surface area contributed by atoms with E-state index in [0.29, 0.717) is 24.2 Å². The van der Waals surface area contributed by atoms with Gasteiger partial charge in [-0.05, 0) is 67.6 Å². The average Bonchev–Trinajstić information content (AvgIpc) is 3.46. The van der Waals surface area contributed by atoms with Crippen LogP contribution >= 0.6 is 0 Å². The molecule has 0 spiro atoms. The van der Waals surface area contributed by atoms with Crippen molar-refractivity contribution in [2.45, 2.75) is 63.2 Å². The van der Waals surface area contributed by atoms with Crippen molar-refractivity contribution in [1.29, 1.82) is 0 Å². The van der Waals surface area contributed by atoms with E-state index in [2.05, 4.69) is 15.6 Å². The van der Waals surface area contributed by atoms with Crippen LogP contribution in [-0.2, 0) is 23.5 Å². The zero-order valence-corrected chi connectivity index (χ0v) is 27.4. The van der Waals surface area contributed by atoms with E-state index in [-0.39, 0.29) is 48.1 Å². The standard InChI is InChI=1S/C32H42F2N6O5S/c1-5-8-39(9-6-2)32(43)24-12-21(3)11-23(16-24)31(42)37-27(15-22-13-25(33)17-26(34)14-22)30(41)28-18-40(10-7-35-28)46(44,45)29-19-38(4)20-36-29/h11-14,16-17,19-20,27-28,30,35,41H,5-10,15,18H2,1-4H3,(H,37,42)/t27-,28+,30-/m0/s1. The molecule has 3 N–H and O–H groups in total. The lowest BCUT2D eigenvalue weighted by Crippen LogP contribution is -2.62. The number of carbonyl (C=O) groups is 2. The third-order valence-corrected chi connectivity index (χ3v) is 9.58. The van der Waals surface area contributed by atoms with Crippen LogP contribution in [0.25, 0.3) is 0 Å². The summed E-state index contributed by atoms with van der Waals surface area (Å²) in [5.41, 5.74) is 1.39. The summed E-state index contributed by atoms with van der Waals surface area (Å²) in [6.45, 7) is 7.06. The lowest BCUT2D eigenvalue weighted by Gasteiger charge is -2.38. The number of halogens is 2. The second-order valence-electron chi connectivity index (χ2n) is 11.7. The first kappa shape index (κ1) is 35.1. The van der Waals surface area contributed by atoms with Crippen LogP contribution in [0.4, 0.5) is 8.78 Å². The fourth-order valence-electron chi connectivity index (χ4n) is 5.70. The van der Waals surface area contributed by atoms with Crippen LogP contribution in [0.1, 0.15) is 58.5 Å². The Kier molecular flexibility index (Phi) is 11.6. The Balaban J connectivity index is 1.61. The Morgan fingerprint density at radius 1 is 1.09 bits per heavy atom. The number of hydrogen-bond donors (Lipinski definition) is 3. The summed E-state index contributed by atoms with van der Waals surface area (Å²) >= 11 is 0. The van der Waals surface area contributed by atoms with Crippen LogP contribution in [0, 0.1) is 18.6 Å². The van der Waals surface area contributed by atoms with Crippen molar-refractivity contribution in [1.82, 2.24) is 29.4 Å². The van der Waals surface area contributed by atoms with Gasteiger partial charge in [0.15, 0.2) is 5.03 Å². The molecule has 0 radical (unpaired) electrons. The minimum absolute atomic E-state index is 0.126. The number of carbonyl (C=O) groups excluding carboxylic acids is 2. The van der Waals surface area contributed by atoms with Gasteiger partial charge in [-0.25, -0.2) is 22.2 Å². The van der Waals surface area contributed by atoms with Gasteiger partial charge >= 0.3 is 0 Å². The smallest absolute Gasteiger partial charge is 0.262 e. The van der Waals surface area contributed by atoms with Crippen LogP contribution < -0.4 is 10.6 Å². The first-order valence-electron chi connectivity index (χ1n) is 15.4. The number of nitrogens with zero attached hydrogens (tertiary/aromatic N) is 4. The highest BCUT2D eigenvalue weighted by atomic mass is 32.2. The number of benzene rings is 2. The first-order chi connectivity index (χ1) is 21.8. The van der Waals surface area contributed by atoms with Crippen LogP contribution in [0.5, 0.6) is 0 Å². The molecule has 2 heterocycles. The summed E-state index contributed by atoms with van der Waals surface area (Å²) in [6, 6.07) is 5.82. The molecule has 1 aromatic heterocycles. The van der Waals surface area contributed by atoms with Crippen LogP contribution in [0.2, 0.25) is 0 Å². The van der Waals surface area contributed by atoms with Crippen LogP contribution in [-0.4, -0.2) is 95.0 Å². The highest BCUT2D eigenvalue weighted by Crippen LogP contribution is 2.20. The van der Waals surface area contributed by atoms with E-state index >= 15 is 0 Å². The fourth-order valence-corrected chi connectivity index (χ4v) is 7.13. The van der Waals surface area contributed by atoms with Crippen molar-refractivity contribution in [2.75, 3.05) is 32.7 Å². The normalized spacial score (nSPS) is 17.0. The van der Waals surface area contributed by atoms with Crippen molar-refractivity contribution < 1.29 is 31.9 Å². The zero-order chi connectivity index (χ0) is 33.6. The maximum absolute atomic E-state index is 14.1. The number of aliphatic hydroxyl groups excluding tert-OH is 1. The number of aliphatic hydroxyl groups is 1. The molecule has 14 heteroatoms. The van der Waals surface area contributed by atoms with Gasteiger partial charge in [-0.1, -0.05) is 13.8 Å². The number of piperazine rings is 1. The van der Waals surface area contributed by atoms with Crippen LogP contribution in [0.3, 0.4) is 0 Å². The molecule has 11 nitrogen and oxygen atoms in total. The molecular formula is C32H42F2N6O5S. The molecule has 0 saturated carbocycles. The largest absolute Gasteiger partial charge is 0.389 e. The number of aromatic nitrogens is 2. The third-order valence-electron chi connectivity index (χ3n) is 7.83. The molecular weight excluding hydrogens is 618 g/mol. The van der Waals surface area contributed by atoms with E-state index in [1.165, 1.54) is 27.5 Å². The van der Waals surface area contributed by atoms with E-state index in [0.717, 1.165) is 31.0 Å². The molecule has 2 amide bonds. The monoisotopic (exact) mass is 660 g/mol. The van der Waals surface area contributed by atoms with Gasteiger partial charge in [-0.3, -0.25) is 9.59 Å². The van der Waals surface area contributed by atoms with E-state index in [1.807, 2.05) is 13.8 Å². The summed E-state index contributed by atoms with van der Waals surface area (Å²) in [7, 11) is -2.32. The molecule has 1 saturated heterocycles. The molecule has 3 atom stereocenters. The molecule has 2 aromatic carbocycles. The van der Waals surface area contributed by atoms with Gasteiger partial charge in [-0.2, -0.15) is 4.31 Å². The summed E-state index contributed by atoms with van der Waals surface area (Å²) in [6.07, 6.45) is 2.77. The molecule has 1 aliphatic heterocycles. The van der Waals surface area contributed by atoms with Crippen LogP contribution in [0.15, 0.2) is 53.9 Å². The van der Waals surface area contributed by atoms with E-state index < -0.39 is 45.8 Å². The molecule has 0 aliphatic carbocycles. The molecule has 4 rings (SSSR count). The molecule has 1 aliphatic rings. The predicted octanol–water partition coefficient (Wildman–Crippen LogP) is 2.63. The molecule has 250 valence electrons. The van der Waals surface area contributed by atoms with E-state index in [1.54, 1.807) is 31.0 Å². The summed E-state index contributed by atoms with van der Waals surface area (Å²) in [5.74, 6) is -2.44. The number of aryl methyl sites for hydroxylation is 2. The van der Waals surface area contributed by atoms with Crippen molar-refractivity contribution in [2.24, 2.45) is 7.05 Å². The fraction of sp³-hybridized carbons (Fsp3) is 0.469. The Morgan fingerprint density at radius 2 is 1.74 bits per heavy atom. The summed E-state index contributed by atoms with van der Waals surface area (Å²) in [5, 5.41) is 17.4. The molecule has 0 unspecified atom stereocenters. The summed E-state index contributed by atoms with van der Waals surface area (Å²) in [4.78, 5) is 32.7. The van der Waals surface area contributed by atoms with Gasteiger partial charge in [-0.15, -0.1) is 0 Å². The second-order valence-corrected chi connectivity index (χ2v) is 13.6. The lowest BCUT2D eigenvalue weighted by molar-refractivity contribution is 0.0600. The Morgan fingerprint density at radius 3 is 2.35 bits per heavy atom. The molecule has 0 bridgehead atoms. The van der Waals surface area contributed by atoms with Gasteiger partial charge < -0.3 is 25.2 Å². The van der Waals surface area contributed by atoms with E-state index in [9.17, 15) is 31.9 Å². The molecule has 1 fully saturated rings. The average molecular weight is 661 g/mol. The number of imidazole rings is 1. The maximum Gasteiger partial charge on any atom is 0.262 e. The van der Waals surface area contributed by atoms with Crippen molar-refractivity contribution in [3.63, 3.8) is 0 Å². The summed E-state index contributed by atoms with van der Waals surface area (Å²) < 4.78 is 57.5. The van der Waals surface area contributed by atoms with Gasteiger partial charge in [0.1, 0.15) is 11.6 Å². The van der Waals surface area contributed by atoms with Gasteiger partial charge in [0, 0.05) is 69.2 Å². The number of rotatable bonds is 13. The van der Waals surface area contributed by atoms with E-state index in [4.69, 9.17) is 0 Å². The van der Waals surface area contributed by atoms with Crippen molar-refractivity contribution >= 4 is 21.8 Å². The quantitative estimate of drug-likeness (QED) is 0.257. The number of hydrogen-bond acceptors (Lipinski definition) is 7. The zero-order valence-electron chi connectivity index (χ0n) is 26.5. The second kappa shape index (κ2) is 15.2. The maximum atomic E-state index is 14.1. The molecule has 3 aromatic rings. The van der Waals surface area contributed by atoms with Gasteiger partial charge in [0.25, 0.3) is 21.8 Å². The van der Waals surface area contributed by atoms with Gasteiger partial charge in [0.05, 0.1) is 18.5 Å². The predicted molar refractivity (Wildman–Crippen MR) is 169 cm³/mol. The number of nitrogens with one attached hydrogen (secondary N) is 2. The Hall–Kier alpha value is -3.72. The molecule has 46 heavy (non-hydrogen) atoms. The highest BCUT2D eigenvalue weighted by molar-refractivity contribution is 7.89. The highest BCUT2D eigenvalue weighted by Gasteiger charge is 2.37. The SMILES string of the molecule is CCCN(CCC)C(=O)c1cc(C)cc(C(=O)N[C@@H](Cc2cc(F)cc(F)c2)[C@H](O)[C@H]2CN(S(=O)(=O)c3cn(C)cn3)CCN2)c1. The third kappa shape index (κ3) is 8.55. The van der Waals surface area contributed by atoms with Gasteiger partial charge in [0.2, 0.25) is 0 Å². The number of sulfonamides is 1. The number of amides is 2. The van der Waals surface area contributed by atoms with Crippen molar-refractivity contribution in [3.05, 3.63) is 82.8 Å². The Labute approximate surface area is 268 Å². The Bertz CT molecular complexity index is 1620.